The summed E-state index contributed by atoms with van der Waals surface area (Å²) < 4.78 is 0. The van der Waals surface area contributed by atoms with E-state index in [-0.39, 0.29) is 5.92 Å². The molecule has 0 spiro atoms. The highest BCUT2D eigenvalue weighted by Gasteiger charge is 2.21. The van der Waals surface area contributed by atoms with Gasteiger partial charge in [0.15, 0.2) is 5.78 Å². The van der Waals surface area contributed by atoms with Crippen LogP contribution in [0.15, 0.2) is 60.7 Å². The zero-order chi connectivity index (χ0) is 16.7. The molecule has 1 N–H and O–H groups in total. The number of aliphatic carboxylic acids is 1. The van der Waals surface area contributed by atoms with Crippen LogP contribution in [0.4, 0.5) is 0 Å². The summed E-state index contributed by atoms with van der Waals surface area (Å²) in [7, 11) is 0. The lowest BCUT2D eigenvalue weighted by Crippen LogP contribution is -2.19. The average Bonchev–Trinajstić information content (AvgIpc) is 2.56. The standard InChI is InChI=1S/C19H19ClO3/c20-17(18(21)13-19(22)23)12-11-16(14-7-3-1-4-8-14)15-9-5-2-6-10-15/h1-10,16-17H,11-13H2,(H,22,23). The molecule has 0 saturated carbocycles. The molecule has 0 bridgehead atoms. The molecule has 4 heteroatoms. The van der Waals surface area contributed by atoms with Gasteiger partial charge in [-0.2, -0.15) is 0 Å². The van der Waals surface area contributed by atoms with E-state index >= 15 is 0 Å². The summed E-state index contributed by atoms with van der Waals surface area (Å²) >= 11 is 6.08. The van der Waals surface area contributed by atoms with Crippen LogP contribution < -0.4 is 0 Å². The quantitative estimate of drug-likeness (QED) is 0.581. The van der Waals surface area contributed by atoms with Gasteiger partial charge in [-0.05, 0) is 24.0 Å². The normalized spacial score (nSPS) is 12.1. The predicted molar refractivity (Wildman–Crippen MR) is 90.9 cm³/mol. The van der Waals surface area contributed by atoms with E-state index in [0.717, 1.165) is 11.1 Å². The maximum Gasteiger partial charge on any atom is 0.310 e. The van der Waals surface area contributed by atoms with E-state index in [4.69, 9.17) is 16.7 Å². The monoisotopic (exact) mass is 330 g/mol. The Kier molecular flexibility index (Phi) is 6.36. The van der Waals surface area contributed by atoms with Crippen molar-refractivity contribution in [2.45, 2.75) is 30.6 Å². The second-order valence-corrected chi connectivity index (χ2v) is 5.98. The third-order valence-electron chi connectivity index (χ3n) is 3.79. The number of Topliss-reactive ketones (excluding diaryl/α,β-unsaturated/α-hetero) is 1. The molecule has 0 aromatic heterocycles. The minimum atomic E-state index is -1.14. The molecule has 120 valence electrons. The van der Waals surface area contributed by atoms with Crippen LogP contribution in [-0.4, -0.2) is 22.2 Å². The lowest BCUT2D eigenvalue weighted by atomic mass is 9.86. The molecule has 0 fully saturated rings. The Morgan fingerprint density at radius 3 is 1.78 bits per heavy atom. The van der Waals surface area contributed by atoms with Gasteiger partial charge in [0, 0.05) is 5.92 Å². The number of carbonyl (C=O) groups is 2. The predicted octanol–water partition coefficient (Wildman–Crippen LogP) is 4.25. The van der Waals surface area contributed by atoms with Crippen LogP contribution in [0.2, 0.25) is 0 Å². The van der Waals surface area contributed by atoms with Crippen molar-refractivity contribution < 1.29 is 14.7 Å². The van der Waals surface area contributed by atoms with Crippen molar-refractivity contribution in [2.24, 2.45) is 0 Å². The molecule has 3 nitrogen and oxygen atoms in total. The minimum absolute atomic E-state index is 0.135. The molecule has 2 aromatic rings. The van der Waals surface area contributed by atoms with Gasteiger partial charge in [-0.3, -0.25) is 9.59 Å². The summed E-state index contributed by atoms with van der Waals surface area (Å²) in [6, 6.07) is 20.1. The van der Waals surface area contributed by atoms with Crippen LogP contribution >= 0.6 is 11.6 Å². The number of ketones is 1. The molecule has 1 unspecified atom stereocenters. The fourth-order valence-electron chi connectivity index (χ4n) is 2.63. The zero-order valence-corrected chi connectivity index (χ0v) is 13.4. The molecule has 2 aromatic carbocycles. The summed E-state index contributed by atoms with van der Waals surface area (Å²) in [5, 5.41) is 7.92. The van der Waals surface area contributed by atoms with Gasteiger partial charge in [0.25, 0.3) is 0 Å². The summed E-state index contributed by atoms with van der Waals surface area (Å²) in [6.45, 7) is 0. The fourth-order valence-corrected chi connectivity index (χ4v) is 2.83. The molecule has 1 atom stereocenters. The molecule has 0 heterocycles. The number of rotatable bonds is 8. The largest absolute Gasteiger partial charge is 0.481 e. The van der Waals surface area contributed by atoms with Crippen molar-refractivity contribution in [2.75, 3.05) is 0 Å². The van der Waals surface area contributed by atoms with E-state index in [1.165, 1.54) is 0 Å². The first-order valence-corrected chi connectivity index (χ1v) is 8.00. The highest BCUT2D eigenvalue weighted by molar-refractivity contribution is 6.32. The van der Waals surface area contributed by atoms with Crippen LogP contribution in [0.1, 0.15) is 36.3 Å². The number of benzene rings is 2. The summed E-state index contributed by atoms with van der Waals surface area (Å²) in [5.41, 5.74) is 2.32. The smallest absolute Gasteiger partial charge is 0.310 e. The van der Waals surface area contributed by atoms with Crippen LogP contribution in [0.3, 0.4) is 0 Å². The summed E-state index contributed by atoms with van der Waals surface area (Å²) in [5.74, 6) is -1.43. The SMILES string of the molecule is O=C(O)CC(=O)C(Cl)CCC(c1ccccc1)c1ccccc1. The van der Waals surface area contributed by atoms with Crippen molar-refractivity contribution in [3.63, 3.8) is 0 Å². The van der Waals surface area contributed by atoms with Crippen LogP contribution in [-0.2, 0) is 9.59 Å². The van der Waals surface area contributed by atoms with Crippen molar-refractivity contribution in [3.8, 4) is 0 Å². The number of carboxylic acid groups (broad SMARTS) is 1. The summed E-state index contributed by atoms with van der Waals surface area (Å²) in [6.07, 6.45) is 0.616. The first-order chi connectivity index (χ1) is 11.1. The molecular formula is C19H19ClO3. The summed E-state index contributed by atoms with van der Waals surface area (Å²) in [4.78, 5) is 22.3. The van der Waals surface area contributed by atoms with Crippen molar-refractivity contribution in [1.82, 2.24) is 0 Å². The molecule has 2 rings (SSSR count). The Morgan fingerprint density at radius 2 is 1.35 bits per heavy atom. The topological polar surface area (TPSA) is 54.4 Å². The van der Waals surface area contributed by atoms with Gasteiger partial charge in [-0.15, -0.1) is 11.6 Å². The molecule has 0 aliphatic heterocycles. The van der Waals surface area contributed by atoms with Crippen LogP contribution in [0.25, 0.3) is 0 Å². The van der Waals surface area contributed by atoms with Gasteiger partial charge in [0.05, 0.1) is 5.38 Å². The average molecular weight is 331 g/mol. The Balaban J connectivity index is 2.10. The Hall–Kier alpha value is -2.13. The Labute approximate surface area is 140 Å². The fraction of sp³-hybridized carbons (Fsp3) is 0.263. The zero-order valence-electron chi connectivity index (χ0n) is 12.7. The number of halogens is 1. The number of hydrogen-bond acceptors (Lipinski definition) is 2. The molecular weight excluding hydrogens is 312 g/mol. The van der Waals surface area contributed by atoms with E-state index < -0.39 is 23.6 Å². The molecule has 0 amide bonds. The second-order valence-electron chi connectivity index (χ2n) is 5.46. The van der Waals surface area contributed by atoms with Gasteiger partial charge < -0.3 is 5.11 Å². The third kappa shape index (κ3) is 5.22. The Morgan fingerprint density at radius 1 is 0.870 bits per heavy atom. The number of carbonyl (C=O) groups excluding carboxylic acids is 1. The first-order valence-electron chi connectivity index (χ1n) is 7.56. The van der Waals surface area contributed by atoms with E-state index in [2.05, 4.69) is 24.3 Å². The maximum atomic E-state index is 11.7. The van der Waals surface area contributed by atoms with Gasteiger partial charge in [0.1, 0.15) is 6.42 Å². The van der Waals surface area contributed by atoms with Crippen LogP contribution in [0, 0.1) is 0 Å². The number of alkyl halides is 1. The van der Waals surface area contributed by atoms with Gasteiger partial charge >= 0.3 is 5.97 Å². The van der Waals surface area contributed by atoms with Crippen molar-refractivity contribution in [3.05, 3.63) is 71.8 Å². The van der Waals surface area contributed by atoms with E-state index in [0.29, 0.717) is 12.8 Å². The van der Waals surface area contributed by atoms with Gasteiger partial charge in [-0.1, -0.05) is 60.7 Å². The van der Waals surface area contributed by atoms with E-state index in [9.17, 15) is 9.59 Å². The third-order valence-corrected chi connectivity index (χ3v) is 4.25. The lowest BCUT2D eigenvalue weighted by molar-refractivity contribution is -0.140. The maximum absolute atomic E-state index is 11.7. The second kappa shape index (κ2) is 8.49. The first kappa shape index (κ1) is 17.2. The molecule has 23 heavy (non-hydrogen) atoms. The number of hydrogen-bond donors (Lipinski definition) is 1. The minimum Gasteiger partial charge on any atom is -0.481 e. The molecule has 0 radical (unpaired) electrons. The van der Waals surface area contributed by atoms with E-state index in [1.54, 1.807) is 0 Å². The van der Waals surface area contributed by atoms with Crippen molar-refractivity contribution in [1.29, 1.82) is 0 Å². The van der Waals surface area contributed by atoms with Crippen LogP contribution in [0.5, 0.6) is 0 Å². The molecule has 0 saturated heterocycles. The Bertz CT molecular complexity index is 601. The van der Waals surface area contributed by atoms with Gasteiger partial charge in [0.2, 0.25) is 0 Å². The molecule has 0 aliphatic rings. The lowest BCUT2D eigenvalue weighted by Gasteiger charge is -2.19. The van der Waals surface area contributed by atoms with Gasteiger partial charge in [-0.25, -0.2) is 0 Å². The van der Waals surface area contributed by atoms with E-state index in [1.807, 2.05) is 36.4 Å². The molecule has 0 aliphatic carbocycles. The highest BCUT2D eigenvalue weighted by Crippen LogP contribution is 2.30. The van der Waals surface area contributed by atoms with Crippen molar-refractivity contribution >= 4 is 23.4 Å². The number of carboxylic acids is 1. The highest BCUT2D eigenvalue weighted by atomic mass is 35.5.